The fraction of sp³-hybridized carbons (Fsp3) is 1.00. The number of hydrogen-bond donors (Lipinski definition) is 1. The molecule has 0 bridgehead atoms. The summed E-state index contributed by atoms with van der Waals surface area (Å²) in [5.74, 6) is 0.862. The molecule has 2 fully saturated rings. The van der Waals surface area contributed by atoms with Crippen molar-refractivity contribution >= 4 is 0 Å². The van der Waals surface area contributed by atoms with Crippen molar-refractivity contribution in [1.82, 2.24) is 10.2 Å². The minimum absolute atomic E-state index is 0.692. The first-order valence-corrected chi connectivity index (χ1v) is 7.70. The van der Waals surface area contributed by atoms with Crippen molar-refractivity contribution in [2.24, 2.45) is 5.92 Å². The Labute approximate surface area is 107 Å². The Bertz CT molecular complexity index is 229. The van der Waals surface area contributed by atoms with E-state index < -0.39 is 0 Å². The van der Waals surface area contributed by atoms with Crippen LogP contribution in [-0.2, 0) is 0 Å². The van der Waals surface area contributed by atoms with Gasteiger partial charge in [-0.3, -0.25) is 4.90 Å². The summed E-state index contributed by atoms with van der Waals surface area (Å²) < 4.78 is 0. The van der Waals surface area contributed by atoms with Crippen molar-refractivity contribution in [1.29, 1.82) is 0 Å². The normalized spacial score (nSPS) is 33.4. The highest BCUT2D eigenvalue weighted by atomic mass is 15.2. The molecule has 2 heteroatoms. The van der Waals surface area contributed by atoms with Crippen molar-refractivity contribution < 1.29 is 0 Å². The molecule has 0 radical (unpaired) electrons. The first kappa shape index (κ1) is 13.4. The molecule has 2 aliphatic rings. The third kappa shape index (κ3) is 3.45. The van der Waals surface area contributed by atoms with Crippen LogP contribution < -0.4 is 5.32 Å². The van der Waals surface area contributed by atoms with E-state index in [0.717, 1.165) is 18.0 Å². The van der Waals surface area contributed by atoms with Gasteiger partial charge in [-0.05, 0) is 45.1 Å². The van der Waals surface area contributed by atoms with Gasteiger partial charge in [-0.2, -0.15) is 0 Å². The van der Waals surface area contributed by atoms with Crippen LogP contribution in [0.5, 0.6) is 0 Å². The number of fused-ring (bicyclic) bond motifs is 1. The lowest BCUT2D eigenvalue weighted by molar-refractivity contribution is 0.175. The van der Waals surface area contributed by atoms with Gasteiger partial charge in [0.2, 0.25) is 0 Å². The molecule has 0 saturated carbocycles. The maximum absolute atomic E-state index is 3.90. The number of hydrogen-bond acceptors (Lipinski definition) is 2. The summed E-state index contributed by atoms with van der Waals surface area (Å²) in [6.07, 6.45) is 8.31. The zero-order chi connectivity index (χ0) is 12.3. The van der Waals surface area contributed by atoms with Crippen LogP contribution in [0, 0.1) is 5.92 Å². The van der Waals surface area contributed by atoms with Crippen LogP contribution in [-0.4, -0.2) is 36.1 Å². The van der Waals surface area contributed by atoms with E-state index in [2.05, 4.69) is 31.0 Å². The van der Waals surface area contributed by atoms with Crippen molar-refractivity contribution in [3.05, 3.63) is 0 Å². The average Bonchev–Trinajstić information content (AvgIpc) is 2.72. The zero-order valence-corrected chi connectivity index (χ0v) is 11.9. The van der Waals surface area contributed by atoms with Crippen LogP contribution in [0.3, 0.4) is 0 Å². The number of nitrogens with zero attached hydrogens (tertiary/aromatic N) is 1. The van der Waals surface area contributed by atoms with Gasteiger partial charge < -0.3 is 5.32 Å². The molecule has 0 aromatic rings. The van der Waals surface area contributed by atoms with E-state index in [0.29, 0.717) is 6.04 Å². The smallest absolute Gasteiger partial charge is 0.0249 e. The van der Waals surface area contributed by atoms with Gasteiger partial charge >= 0.3 is 0 Å². The van der Waals surface area contributed by atoms with Crippen LogP contribution in [0.25, 0.3) is 0 Å². The fourth-order valence-electron chi connectivity index (χ4n) is 3.65. The Morgan fingerprint density at radius 3 is 2.76 bits per heavy atom. The Hall–Kier alpha value is -0.0800. The van der Waals surface area contributed by atoms with Crippen molar-refractivity contribution in [2.45, 2.75) is 77.4 Å². The van der Waals surface area contributed by atoms with Gasteiger partial charge in [0.25, 0.3) is 0 Å². The maximum atomic E-state index is 3.90. The van der Waals surface area contributed by atoms with Gasteiger partial charge in [0.1, 0.15) is 0 Å². The minimum Gasteiger partial charge on any atom is -0.310 e. The van der Waals surface area contributed by atoms with Gasteiger partial charge in [-0.15, -0.1) is 0 Å². The summed E-state index contributed by atoms with van der Waals surface area (Å²) in [4.78, 5) is 2.72. The summed E-state index contributed by atoms with van der Waals surface area (Å²) >= 11 is 0. The van der Waals surface area contributed by atoms with E-state index in [1.54, 1.807) is 0 Å². The zero-order valence-electron chi connectivity index (χ0n) is 11.9. The second-order valence-corrected chi connectivity index (χ2v) is 6.31. The molecular weight excluding hydrogens is 208 g/mol. The molecule has 0 aromatic heterocycles. The van der Waals surface area contributed by atoms with Gasteiger partial charge in [0.05, 0.1) is 0 Å². The molecule has 2 saturated heterocycles. The topological polar surface area (TPSA) is 15.3 Å². The largest absolute Gasteiger partial charge is 0.310 e. The van der Waals surface area contributed by atoms with Gasteiger partial charge in [0, 0.05) is 24.7 Å². The standard InChI is InChI=1S/C15H30N2/c1-4-12(2)11-13(3)16-14-8-10-17-9-6-5-7-15(14)17/h12-16H,4-11H2,1-3H3. The Morgan fingerprint density at radius 1 is 1.18 bits per heavy atom. The second-order valence-electron chi connectivity index (χ2n) is 6.31. The molecule has 2 aliphatic heterocycles. The second kappa shape index (κ2) is 6.19. The highest BCUT2D eigenvalue weighted by Crippen LogP contribution is 2.27. The molecule has 1 N–H and O–H groups in total. The predicted octanol–water partition coefficient (Wildman–Crippen LogP) is 3.03. The average molecular weight is 238 g/mol. The third-order valence-electron chi connectivity index (χ3n) is 4.81. The summed E-state index contributed by atoms with van der Waals surface area (Å²) in [5.41, 5.74) is 0. The molecule has 0 amide bonds. The van der Waals surface area contributed by atoms with Crippen LogP contribution >= 0.6 is 0 Å². The van der Waals surface area contributed by atoms with E-state index in [1.165, 1.54) is 51.6 Å². The Kier molecular flexibility index (Phi) is 4.87. The molecule has 2 heterocycles. The summed E-state index contributed by atoms with van der Waals surface area (Å²) in [7, 11) is 0. The Balaban J connectivity index is 1.78. The lowest BCUT2D eigenvalue weighted by atomic mass is 9.96. The van der Waals surface area contributed by atoms with Crippen molar-refractivity contribution in [3.8, 4) is 0 Å². The summed E-state index contributed by atoms with van der Waals surface area (Å²) in [6.45, 7) is 9.73. The molecule has 2 rings (SSSR count). The fourth-order valence-corrected chi connectivity index (χ4v) is 3.65. The van der Waals surface area contributed by atoms with Crippen molar-refractivity contribution in [3.63, 3.8) is 0 Å². The van der Waals surface area contributed by atoms with E-state index in [-0.39, 0.29) is 0 Å². The number of nitrogens with one attached hydrogen (secondary N) is 1. The molecule has 0 spiro atoms. The van der Waals surface area contributed by atoms with E-state index in [9.17, 15) is 0 Å². The monoisotopic (exact) mass is 238 g/mol. The molecule has 0 aliphatic carbocycles. The summed E-state index contributed by atoms with van der Waals surface area (Å²) in [6, 6.07) is 2.31. The molecule has 2 nitrogen and oxygen atoms in total. The maximum Gasteiger partial charge on any atom is 0.0249 e. The Morgan fingerprint density at radius 2 is 2.00 bits per heavy atom. The minimum atomic E-state index is 0.692. The van der Waals surface area contributed by atoms with Crippen LogP contribution in [0.2, 0.25) is 0 Å². The van der Waals surface area contributed by atoms with Crippen LogP contribution in [0.15, 0.2) is 0 Å². The number of rotatable bonds is 5. The first-order chi connectivity index (χ1) is 8.20. The molecule has 4 unspecified atom stereocenters. The predicted molar refractivity (Wildman–Crippen MR) is 74.3 cm³/mol. The van der Waals surface area contributed by atoms with Gasteiger partial charge in [0.15, 0.2) is 0 Å². The lowest BCUT2D eigenvalue weighted by Gasteiger charge is -2.34. The SMILES string of the molecule is CCC(C)CC(C)NC1CCN2CCCCC12. The summed E-state index contributed by atoms with van der Waals surface area (Å²) in [5, 5.41) is 3.90. The molecule has 100 valence electrons. The number of piperidine rings is 1. The van der Waals surface area contributed by atoms with Gasteiger partial charge in [-0.25, -0.2) is 0 Å². The molecule has 17 heavy (non-hydrogen) atoms. The van der Waals surface area contributed by atoms with Crippen molar-refractivity contribution in [2.75, 3.05) is 13.1 Å². The van der Waals surface area contributed by atoms with Crippen LogP contribution in [0.4, 0.5) is 0 Å². The van der Waals surface area contributed by atoms with E-state index >= 15 is 0 Å². The van der Waals surface area contributed by atoms with Crippen LogP contribution in [0.1, 0.15) is 59.3 Å². The van der Waals surface area contributed by atoms with E-state index in [1.807, 2.05) is 0 Å². The molecule has 0 aromatic carbocycles. The lowest BCUT2D eigenvalue weighted by Crippen LogP contribution is -2.47. The quantitative estimate of drug-likeness (QED) is 0.792. The third-order valence-corrected chi connectivity index (χ3v) is 4.81. The highest BCUT2D eigenvalue weighted by Gasteiger charge is 2.35. The van der Waals surface area contributed by atoms with Gasteiger partial charge in [-0.1, -0.05) is 26.7 Å². The van der Waals surface area contributed by atoms with E-state index in [4.69, 9.17) is 0 Å². The molecular formula is C15H30N2. The molecule has 4 atom stereocenters. The first-order valence-electron chi connectivity index (χ1n) is 7.70. The highest BCUT2D eigenvalue weighted by molar-refractivity contribution is 4.94.